The van der Waals surface area contributed by atoms with Crippen LogP contribution < -0.4 is 5.73 Å². The average Bonchev–Trinajstić information content (AvgIpc) is 2.00. The molecule has 0 spiro atoms. The van der Waals surface area contributed by atoms with Crippen molar-refractivity contribution in [1.29, 1.82) is 5.41 Å². The zero-order valence-corrected chi connectivity index (χ0v) is 7.09. The number of nitrogen functional groups attached to an aromatic ring is 1. The second kappa shape index (κ2) is 4.13. The zero-order chi connectivity index (χ0) is 9.30. The first-order chi connectivity index (χ1) is 5.54. The number of nitrogens with two attached hydrogens (primary N) is 1. The Morgan fingerprint density at radius 1 is 1.15 bits per heavy atom. The van der Waals surface area contributed by atoms with Gasteiger partial charge in [-0.2, -0.15) is 0 Å². The van der Waals surface area contributed by atoms with Gasteiger partial charge in [0, 0.05) is 0 Å². The van der Waals surface area contributed by atoms with Crippen molar-refractivity contribution >= 4 is 18.2 Å². The Kier molecular flexibility index (Phi) is 3.74. The van der Waals surface area contributed by atoms with Crippen molar-refractivity contribution in [3.63, 3.8) is 0 Å². The second-order valence-electron chi connectivity index (χ2n) is 2.14. The monoisotopic (exact) mass is 210 g/mol. The van der Waals surface area contributed by atoms with Gasteiger partial charge in [0.15, 0.2) is 17.5 Å². The lowest BCUT2D eigenvalue weighted by Gasteiger charge is -2.01. The van der Waals surface area contributed by atoms with Crippen molar-refractivity contribution in [1.82, 2.24) is 0 Å². The highest BCUT2D eigenvalue weighted by molar-refractivity contribution is 5.95. The minimum Gasteiger partial charge on any atom is -0.384 e. The maximum absolute atomic E-state index is 12.7. The number of hydrogen-bond donors (Lipinski definition) is 2. The Bertz CT molecular complexity index is 341. The Balaban J connectivity index is 0.00000144. The first-order valence-corrected chi connectivity index (χ1v) is 3.02. The summed E-state index contributed by atoms with van der Waals surface area (Å²) in [5.74, 6) is -4.96. The van der Waals surface area contributed by atoms with Gasteiger partial charge in [0.25, 0.3) is 0 Å². The van der Waals surface area contributed by atoms with Crippen LogP contribution >= 0.6 is 12.4 Å². The van der Waals surface area contributed by atoms with Crippen LogP contribution in [0.3, 0.4) is 0 Å². The van der Waals surface area contributed by atoms with Crippen LogP contribution in [0.25, 0.3) is 0 Å². The van der Waals surface area contributed by atoms with Gasteiger partial charge >= 0.3 is 0 Å². The van der Waals surface area contributed by atoms with Gasteiger partial charge in [0.1, 0.15) is 5.84 Å². The molecule has 0 unspecified atom stereocenters. The van der Waals surface area contributed by atoms with Crippen LogP contribution in [0.15, 0.2) is 12.1 Å². The van der Waals surface area contributed by atoms with Gasteiger partial charge in [-0.15, -0.1) is 12.4 Å². The molecule has 0 aliphatic rings. The third kappa shape index (κ3) is 2.12. The van der Waals surface area contributed by atoms with Crippen LogP contribution in [0.4, 0.5) is 13.2 Å². The molecule has 3 N–H and O–H groups in total. The molecule has 0 saturated carbocycles. The molecule has 0 fully saturated rings. The van der Waals surface area contributed by atoms with Gasteiger partial charge in [-0.05, 0) is 12.1 Å². The highest BCUT2D eigenvalue weighted by Gasteiger charge is 2.14. The van der Waals surface area contributed by atoms with E-state index in [1.165, 1.54) is 0 Å². The summed E-state index contributed by atoms with van der Waals surface area (Å²) in [7, 11) is 0. The maximum Gasteiger partial charge on any atom is 0.195 e. The van der Waals surface area contributed by atoms with E-state index in [-0.39, 0.29) is 12.4 Å². The lowest BCUT2D eigenvalue weighted by atomic mass is 10.2. The van der Waals surface area contributed by atoms with Gasteiger partial charge in [-0.25, -0.2) is 13.2 Å². The molecule has 0 bridgehead atoms. The van der Waals surface area contributed by atoms with Gasteiger partial charge in [-0.1, -0.05) is 0 Å². The quantitative estimate of drug-likeness (QED) is 0.415. The fraction of sp³-hybridized carbons (Fsp3) is 0. The average molecular weight is 211 g/mol. The first kappa shape index (κ1) is 11.8. The van der Waals surface area contributed by atoms with E-state index >= 15 is 0 Å². The van der Waals surface area contributed by atoms with Crippen molar-refractivity contribution in [3.8, 4) is 0 Å². The normalized spacial score (nSPS) is 9.15. The summed E-state index contributed by atoms with van der Waals surface area (Å²) in [6, 6.07) is 1.63. The third-order valence-electron chi connectivity index (χ3n) is 1.33. The number of rotatable bonds is 1. The molecule has 13 heavy (non-hydrogen) atoms. The van der Waals surface area contributed by atoms with E-state index in [1.807, 2.05) is 0 Å². The molecule has 0 saturated heterocycles. The van der Waals surface area contributed by atoms with E-state index < -0.39 is 28.9 Å². The van der Waals surface area contributed by atoms with Crippen molar-refractivity contribution in [2.45, 2.75) is 0 Å². The molecular formula is C7H6ClF3N2. The Morgan fingerprint density at radius 2 is 1.69 bits per heavy atom. The van der Waals surface area contributed by atoms with E-state index in [0.717, 1.165) is 12.1 Å². The maximum atomic E-state index is 12.7. The second-order valence-corrected chi connectivity index (χ2v) is 2.14. The molecule has 0 aliphatic carbocycles. The van der Waals surface area contributed by atoms with Crippen LogP contribution in [0, 0.1) is 22.9 Å². The summed E-state index contributed by atoms with van der Waals surface area (Å²) < 4.78 is 37.4. The predicted molar refractivity (Wildman–Crippen MR) is 44.6 cm³/mol. The minimum absolute atomic E-state index is 0. The van der Waals surface area contributed by atoms with Gasteiger partial charge in [0.2, 0.25) is 0 Å². The molecule has 1 aromatic carbocycles. The van der Waals surface area contributed by atoms with Crippen LogP contribution in [0.1, 0.15) is 5.56 Å². The van der Waals surface area contributed by atoms with Gasteiger partial charge in [0.05, 0.1) is 5.56 Å². The molecule has 0 atom stereocenters. The smallest absolute Gasteiger partial charge is 0.195 e. The molecule has 0 aliphatic heterocycles. The lowest BCUT2D eigenvalue weighted by Crippen LogP contribution is -2.14. The van der Waals surface area contributed by atoms with Crippen molar-refractivity contribution < 1.29 is 13.2 Å². The van der Waals surface area contributed by atoms with Crippen LogP contribution in [-0.2, 0) is 0 Å². The molecule has 0 aromatic heterocycles. The van der Waals surface area contributed by atoms with Crippen molar-refractivity contribution in [2.75, 3.05) is 0 Å². The summed E-state index contributed by atoms with van der Waals surface area (Å²) in [4.78, 5) is 0. The molecule has 72 valence electrons. The molecule has 1 aromatic rings. The van der Waals surface area contributed by atoms with Gasteiger partial charge < -0.3 is 5.73 Å². The van der Waals surface area contributed by atoms with E-state index in [9.17, 15) is 13.2 Å². The molecular weight excluding hydrogens is 205 g/mol. The van der Waals surface area contributed by atoms with E-state index in [1.54, 1.807) is 0 Å². The van der Waals surface area contributed by atoms with Crippen LogP contribution in [-0.4, -0.2) is 5.84 Å². The highest BCUT2D eigenvalue weighted by Crippen LogP contribution is 2.14. The highest BCUT2D eigenvalue weighted by atomic mass is 35.5. The number of hydrogen-bond acceptors (Lipinski definition) is 1. The first-order valence-electron chi connectivity index (χ1n) is 3.02. The van der Waals surface area contributed by atoms with E-state index in [4.69, 9.17) is 11.1 Å². The summed E-state index contributed by atoms with van der Waals surface area (Å²) >= 11 is 0. The fourth-order valence-corrected chi connectivity index (χ4v) is 0.734. The topological polar surface area (TPSA) is 49.9 Å². The molecule has 0 heterocycles. The summed E-state index contributed by atoms with van der Waals surface area (Å²) in [5.41, 5.74) is 4.45. The molecule has 1 rings (SSSR count). The zero-order valence-electron chi connectivity index (χ0n) is 6.27. The van der Waals surface area contributed by atoms with E-state index in [0.29, 0.717) is 0 Å². The van der Waals surface area contributed by atoms with Crippen molar-refractivity contribution in [2.24, 2.45) is 5.73 Å². The number of benzene rings is 1. The number of halogens is 4. The number of amidine groups is 1. The molecule has 0 amide bonds. The number of nitrogens with one attached hydrogen (secondary N) is 1. The van der Waals surface area contributed by atoms with E-state index in [2.05, 4.69) is 0 Å². The Labute approximate surface area is 78.5 Å². The third-order valence-corrected chi connectivity index (χ3v) is 1.33. The Morgan fingerprint density at radius 3 is 2.15 bits per heavy atom. The summed E-state index contributed by atoms with van der Waals surface area (Å²) in [6.07, 6.45) is 0. The molecule has 6 heteroatoms. The minimum atomic E-state index is -1.61. The van der Waals surface area contributed by atoms with Gasteiger partial charge in [-0.3, -0.25) is 5.41 Å². The standard InChI is InChI=1S/C7H5F3N2.ClH/c8-4-2-1-3(7(11)12)5(9)6(4)10;/h1-2H,(H3,11,12);1H. The van der Waals surface area contributed by atoms with Crippen LogP contribution in [0.5, 0.6) is 0 Å². The summed E-state index contributed by atoms with van der Waals surface area (Å²) in [5, 5.41) is 6.79. The fourth-order valence-electron chi connectivity index (χ4n) is 0.734. The van der Waals surface area contributed by atoms with Crippen molar-refractivity contribution in [3.05, 3.63) is 35.1 Å². The Hall–Kier alpha value is -1.23. The van der Waals surface area contributed by atoms with Crippen LogP contribution in [0.2, 0.25) is 0 Å². The largest absolute Gasteiger partial charge is 0.384 e. The molecule has 0 radical (unpaired) electrons. The SMILES string of the molecule is Cl.N=C(N)c1ccc(F)c(F)c1F. The summed E-state index contributed by atoms with van der Waals surface area (Å²) in [6.45, 7) is 0. The predicted octanol–water partition coefficient (Wildman–Crippen LogP) is 1.81. The molecule has 2 nitrogen and oxygen atoms in total. The lowest BCUT2D eigenvalue weighted by molar-refractivity contribution is 0.446.